The van der Waals surface area contributed by atoms with Crippen molar-refractivity contribution in [3.63, 3.8) is 0 Å². The second-order valence-corrected chi connectivity index (χ2v) is 8.65. The van der Waals surface area contributed by atoms with E-state index >= 15 is 0 Å². The molecular weight excluding hydrogens is 490 g/mol. The average Bonchev–Trinajstić information content (AvgIpc) is 3.60. The van der Waals surface area contributed by atoms with Gasteiger partial charge in [0.15, 0.2) is 0 Å². The summed E-state index contributed by atoms with van der Waals surface area (Å²) in [5, 5.41) is 8.25. The lowest BCUT2D eigenvalue weighted by Gasteiger charge is -2.07. The molecule has 2 heterocycles. The largest absolute Gasteiger partial charge is 0.497 e. The summed E-state index contributed by atoms with van der Waals surface area (Å²) in [4.78, 5) is 13.0. The van der Waals surface area contributed by atoms with E-state index in [4.69, 9.17) is 30.6 Å². The zero-order valence-corrected chi connectivity index (χ0v) is 21.0. The lowest BCUT2D eigenvalue weighted by Crippen LogP contribution is -2.22. The molecule has 0 aliphatic heterocycles. The molecule has 0 saturated heterocycles. The van der Waals surface area contributed by atoms with Gasteiger partial charge in [0.2, 0.25) is 0 Å². The number of para-hydroxylation sites is 1. The molecule has 5 aromatic rings. The monoisotopic (exact) mass is 513 g/mol. The molecule has 0 atom stereocenters. The van der Waals surface area contributed by atoms with Gasteiger partial charge >= 0.3 is 0 Å². The topological polar surface area (TPSA) is 78.5 Å². The number of amides is 1. The highest BCUT2D eigenvalue weighted by Crippen LogP contribution is 2.32. The first-order valence-corrected chi connectivity index (χ1v) is 11.9. The molecule has 0 bridgehead atoms. The molecule has 5 rings (SSSR count). The summed E-state index contributed by atoms with van der Waals surface area (Å²) in [5.41, 5.74) is 4.53. The fraction of sp³-hybridized carbons (Fsp3) is 0.103. The van der Waals surface area contributed by atoms with Gasteiger partial charge in [-0.05, 0) is 60.7 Å². The molecule has 7 nitrogen and oxygen atoms in total. The molecule has 186 valence electrons. The minimum Gasteiger partial charge on any atom is -0.497 e. The summed E-state index contributed by atoms with van der Waals surface area (Å²) in [6.45, 7) is 0.258. The molecule has 1 amide bonds. The quantitative estimate of drug-likeness (QED) is 0.260. The maximum absolute atomic E-state index is 13.0. The van der Waals surface area contributed by atoms with Gasteiger partial charge in [0, 0.05) is 29.4 Å². The van der Waals surface area contributed by atoms with Gasteiger partial charge < -0.3 is 19.2 Å². The van der Waals surface area contributed by atoms with Crippen molar-refractivity contribution in [2.45, 2.75) is 6.54 Å². The fourth-order valence-electron chi connectivity index (χ4n) is 3.95. The number of hydrogen-bond acceptors (Lipinski definition) is 5. The average molecular weight is 514 g/mol. The number of aromatic nitrogens is 2. The summed E-state index contributed by atoms with van der Waals surface area (Å²) in [5.74, 6) is 1.67. The number of methoxy groups -OCH3 is 2. The smallest absolute Gasteiger partial charge is 0.254 e. The Bertz CT molecular complexity index is 1520. The van der Waals surface area contributed by atoms with Gasteiger partial charge in [0.1, 0.15) is 23.5 Å². The van der Waals surface area contributed by atoms with E-state index in [1.165, 1.54) is 6.26 Å². The van der Waals surface area contributed by atoms with Crippen LogP contribution in [0.15, 0.2) is 95.7 Å². The van der Waals surface area contributed by atoms with Crippen LogP contribution in [0.3, 0.4) is 0 Å². The van der Waals surface area contributed by atoms with Gasteiger partial charge in [-0.25, -0.2) is 4.68 Å². The van der Waals surface area contributed by atoms with Crippen LogP contribution in [0, 0.1) is 0 Å². The summed E-state index contributed by atoms with van der Waals surface area (Å²) in [6, 6.07) is 24.4. The van der Waals surface area contributed by atoms with Gasteiger partial charge in [0.25, 0.3) is 5.91 Å². The number of carbonyl (C=O) groups is 1. The predicted molar refractivity (Wildman–Crippen MR) is 142 cm³/mol. The Balaban J connectivity index is 1.39. The molecule has 8 heteroatoms. The van der Waals surface area contributed by atoms with Crippen molar-refractivity contribution in [3.8, 4) is 39.8 Å². The van der Waals surface area contributed by atoms with Gasteiger partial charge in [-0.3, -0.25) is 4.79 Å². The van der Waals surface area contributed by atoms with Crippen LogP contribution in [0.5, 0.6) is 11.5 Å². The molecule has 0 radical (unpaired) electrons. The van der Waals surface area contributed by atoms with Crippen molar-refractivity contribution in [2.75, 3.05) is 14.2 Å². The van der Waals surface area contributed by atoms with E-state index in [0.717, 1.165) is 28.1 Å². The molecule has 2 aromatic heterocycles. The summed E-state index contributed by atoms with van der Waals surface area (Å²) in [7, 11) is 3.18. The Morgan fingerprint density at radius 1 is 0.973 bits per heavy atom. The maximum Gasteiger partial charge on any atom is 0.254 e. The lowest BCUT2D eigenvalue weighted by molar-refractivity contribution is 0.0950. The third-order valence-corrected chi connectivity index (χ3v) is 6.21. The number of nitrogens with one attached hydrogen (secondary N) is 1. The highest BCUT2D eigenvalue weighted by Gasteiger charge is 2.17. The van der Waals surface area contributed by atoms with Crippen LogP contribution in [-0.2, 0) is 6.54 Å². The molecule has 0 saturated carbocycles. The van der Waals surface area contributed by atoms with Gasteiger partial charge in [-0.2, -0.15) is 5.10 Å². The van der Waals surface area contributed by atoms with Crippen LogP contribution in [0.4, 0.5) is 0 Å². The van der Waals surface area contributed by atoms with Crippen molar-refractivity contribution < 1.29 is 18.7 Å². The van der Waals surface area contributed by atoms with Gasteiger partial charge in [0.05, 0.1) is 36.2 Å². The lowest BCUT2D eigenvalue weighted by atomic mass is 10.1. The molecule has 0 spiro atoms. The summed E-state index contributed by atoms with van der Waals surface area (Å²) >= 11 is 6.39. The Morgan fingerprint density at radius 2 is 1.73 bits per heavy atom. The van der Waals surface area contributed by atoms with Crippen LogP contribution in [0.2, 0.25) is 5.02 Å². The molecule has 0 aliphatic rings. The number of hydrogen-bond donors (Lipinski definition) is 1. The van der Waals surface area contributed by atoms with Crippen molar-refractivity contribution in [1.82, 2.24) is 15.1 Å². The first kappa shape index (κ1) is 24.2. The van der Waals surface area contributed by atoms with Crippen LogP contribution in [0.1, 0.15) is 15.9 Å². The maximum atomic E-state index is 13.0. The Hall–Kier alpha value is -4.49. The van der Waals surface area contributed by atoms with Crippen molar-refractivity contribution in [3.05, 3.63) is 107 Å². The van der Waals surface area contributed by atoms with Gasteiger partial charge in [-0.1, -0.05) is 29.8 Å². The van der Waals surface area contributed by atoms with Crippen LogP contribution in [0.25, 0.3) is 28.3 Å². The van der Waals surface area contributed by atoms with E-state index in [1.807, 2.05) is 66.9 Å². The second kappa shape index (κ2) is 10.6. The Labute approximate surface area is 219 Å². The molecule has 37 heavy (non-hydrogen) atoms. The summed E-state index contributed by atoms with van der Waals surface area (Å²) in [6.07, 6.45) is 3.35. The SMILES string of the molecule is COc1ccc(-c2cc(C(=O)NCc3cn(-c4ccccc4)nc3-c3ccc(OC)c(Cl)c3)co2)cc1. The number of nitrogens with zero attached hydrogens (tertiary/aromatic N) is 2. The number of rotatable bonds is 8. The molecule has 3 aromatic carbocycles. The van der Waals surface area contributed by atoms with Gasteiger partial charge in [-0.15, -0.1) is 0 Å². The number of benzene rings is 3. The zero-order chi connectivity index (χ0) is 25.8. The minimum atomic E-state index is -0.255. The van der Waals surface area contributed by atoms with Crippen molar-refractivity contribution in [1.29, 1.82) is 0 Å². The Kier molecular flexibility index (Phi) is 6.96. The first-order valence-electron chi connectivity index (χ1n) is 11.5. The third-order valence-electron chi connectivity index (χ3n) is 5.91. The van der Waals surface area contributed by atoms with E-state index < -0.39 is 0 Å². The van der Waals surface area contributed by atoms with E-state index in [2.05, 4.69) is 5.32 Å². The van der Waals surface area contributed by atoms with E-state index in [1.54, 1.807) is 37.1 Å². The number of halogens is 1. The molecule has 0 fully saturated rings. The normalized spacial score (nSPS) is 10.8. The minimum absolute atomic E-state index is 0.255. The molecule has 0 aliphatic carbocycles. The first-order chi connectivity index (χ1) is 18.1. The summed E-state index contributed by atoms with van der Waals surface area (Å²) < 4.78 is 17.9. The Morgan fingerprint density at radius 3 is 2.43 bits per heavy atom. The second-order valence-electron chi connectivity index (χ2n) is 8.24. The van der Waals surface area contributed by atoms with E-state index in [0.29, 0.717) is 27.8 Å². The van der Waals surface area contributed by atoms with Crippen LogP contribution < -0.4 is 14.8 Å². The molecule has 0 unspecified atom stereocenters. The molecule has 1 N–H and O–H groups in total. The highest BCUT2D eigenvalue weighted by molar-refractivity contribution is 6.32. The van der Waals surface area contributed by atoms with E-state index in [9.17, 15) is 4.79 Å². The standard InChI is InChI=1S/C29H24ClN3O4/c1-35-24-11-8-19(9-12-24)27-15-21(18-37-27)29(34)31-16-22-17-33(23-6-4-3-5-7-23)32-28(22)20-10-13-26(36-2)25(30)14-20/h3-15,17-18H,16H2,1-2H3,(H,31,34). The number of carbonyl (C=O) groups excluding carboxylic acids is 1. The van der Waals surface area contributed by atoms with Crippen LogP contribution in [-0.4, -0.2) is 29.9 Å². The van der Waals surface area contributed by atoms with Crippen molar-refractivity contribution in [2.24, 2.45) is 0 Å². The van der Waals surface area contributed by atoms with E-state index in [-0.39, 0.29) is 12.5 Å². The van der Waals surface area contributed by atoms with Crippen LogP contribution >= 0.6 is 11.6 Å². The number of ether oxygens (including phenoxy) is 2. The third kappa shape index (κ3) is 5.22. The highest BCUT2D eigenvalue weighted by atomic mass is 35.5. The predicted octanol–water partition coefficient (Wildman–Crippen LogP) is 6.40. The van der Waals surface area contributed by atoms with Crippen molar-refractivity contribution >= 4 is 17.5 Å². The zero-order valence-electron chi connectivity index (χ0n) is 20.3. The molecular formula is C29H24ClN3O4. The fourth-order valence-corrected chi connectivity index (χ4v) is 4.21. The number of furan rings is 1.